The van der Waals surface area contributed by atoms with Crippen LogP contribution in [0.1, 0.15) is 40.9 Å². The Labute approximate surface area is 158 Å². The van der Waals surface area contributed by atoms with Gasteiger partial charge in [-0.15, -0.1) is 0 Å². The number of rotatable bonds is 3. The van der Waals surface area contributed by atoms with Gasteiger partial charge in [0, 0.05) is 46.5 Å². The van der Waals surface area contributed by atoms with E-state index in [2.05, 4.69) is 17.2 Å². The Morgan fingerprint density at radius 2 is 1.96 bits per heavy atom. The van der Waals surface area contributed by atoms with Gasteiger partial charge in [0.25, 0.3) is 5.91 Å². The van der Waals surface area contributed by atoms with Crippen molar-refractivity contribution in [3.63, 3.8) is 0 Å². The molecule has 4 rings (SSSR count). The number of aromatic nitrogens is 1. The van der Waals surface area contributed by atoms with E-state index >= 15 is 0 Å². The zero-order valence-electron chi connectivity index (χ0n) is 15.6. The van der Waals surface area contributed by atoms with Crippen LogP contribution in [0.2, 0.25) is 0 Å². The first-order valence-electron chi connectivity index (χ1n) is 9.33. The molecule has 0 aliphatic carbocycles. The van der Waals surface area contributed by atoms with Crippen LogP contribution in [0.15, 0.2) is 42.5 Å². The third-order valence-corrected chi connectivity index (χ3v) is 5.31. The summed E-state index contributed by atoms with van der Waals surface area (Å²) < 4.78 is 0. The molecule has 5 heteroatoms. The van der Waals surface area contributed by atoms with Gasteiger partial charge in [-0.1, -0.05) is 6.07 Å². The molecule has 0 saturated carbocycles. The molecule has 2 amide bonds. The quantitative estimate of drug-likeness (QED) is 0.718. The lowest BCUT2D eigenvalue weighted by Crippen LogP contribution is -2.35. The predicted octanol–water partition coefficient (Wildman–Crippen LogP) is 4.55. The Kier molecular flexibility index (Phi) is 4.44. The normalized spacial score (nSPS) is 14.6. The number of hydrogen-bond acceptors (Lipinski definition) is 2. The van der Waals surface area contributed by atoms with E-state index in [1.165, 1.54) is 0 Å². The SMILES string of the molecule is Cc1[nH]c2ccc(C(=O)Nc3cccc(N4CCCCC4=O)c3)cc2c1C. The number of benzene rings is 2. The molecule has 0 bridgehead atoms. The van der Waals surface area contributed by atoms with E-state index in [9.17, 15) is 9.59 Å². The number of aryl methyl sites for hydroxylation is 2. The fourth-order valence-corrected chi connectivity index (χ4v) is 3.64. The highest BCUT2D eigenvalue weighted by molar-refractivity contribution is 6.07. The fourth-order valence-electron chi connectivity index (χ4n) is 3.64. The van der Waals surface area contributed by atoms with Gasteiger partial charge in [-0.05, 0) is 68.7 Å². The van der Waals surface area contributed by atoms with E-state index in [4.69, 9.17) is 0 Å². The average molecular weight is 361 g/mol. The molecule has 0 atom stereocenters. The molecule has 27 heavy (non-hydrogen) atoms. The van der Waals surface area contributed by atoms with Crippen LogP contribution in [0.4, 0.5) is 11.4 Å². The summed E-state index contributed by atoms with van der Waals surface area (Å²) in [4.78, 5) is 30.0. The van der Waals surface area contributed by atoms with Crippen molar-refractivity contribution in [2.75, 3.05) is 16.8 Å². The average Bonchev–Trinajstić information content (AvgIpc) is 2.96. The maximum atomic E-state index is 12.7. The molecule has 1 saturated heterocycles. The van der Waals surface area contributed by atoms with Gasteiger partial charge in [-0.3, -0.25) is 9.59 Å². The highest BCUT2D eigenvalue weighted by atomic mass is 16.2. The molecule has 1 aliphatic heterocycles. The van der Waals surface area contributed by atoms with Crippen molar-refractivity contribution in [3.8, 4) is 0 Å². The van der Waals surface area contributed by atoms with Crippen LogP contribution in [-0.2, 0) is 4.79 Å². The molecule has 138 valence electrons. The van der Waals surface area contributed by atoms with Gasteiger partial charge >= 0.3 is 0 Å². The molecule has 0 spiro atoms. The number of anilines is 2. The van der Waals surface area contributed by atoms with Crippen molar-refractivity contribution in [1.82, 2.24) is 4.98 Å². The Morgan fingerprint density at radius 1 is 1.11 bits per heavy atom. The summed E-state index contributed by atoms with van der Waals surface area (Å²) in [5, 5.41) is 4.02. The molecular weight excluding hydrogens is 338 g/mol. The molecule has 2 aromatic carbocycles. The standard InChI is InChI=1S/C22H23N3O2/c1-14-15(2)23-20-10-9-16(12-19(14)20)22(27)24-17-6-5-7-18(13-17)25-11-4-3-8-21(25)26/h5-7,9-10,12-13,23H,3-4,8,11H2,1-2H3,(H,24,27). The lowest BCUT2D eigenvalue weighted by Gasteiger charge is -2.27. The Balaban J connectivity index is 1.57. The second-order valence-corrected chi connectivity index (χ2v) is 7.14. The van der Waals surface area contributed by atoms with Gasteiger partial charge in [-0.2, -0.15) is 0 Å². The van der Waals surface area contributed by atoms with Crippen LogP contribution >= 0.6 is 0 Å². The molecule has 0 unspecified atom stereocenters. The first-order chi connectivity index (χ1) is 13.0. The number of aromatic amines is 1. The summed E-state index contributed by atoms with van der Waals surface area (Å²) in [5.74, 6) is -0.00856. The Morgan fingerprint density at radius 3 is 2.78 bits per heavy atom. The first kappa shape index (κ1) is 17.3. The van der Waals surface area contributed by atoms with Gasteiger partial charge in [0.1, 0.15) is 0 Å². The fraction of sp³-hybridized carbons (Fsp3) is 0.273. The third kappa shape index (κ3) is 3.33. The number of piperidine rings is 1. The minimum atomic E-state index is -0.155. The van der Waals surface area contributed by atoms with Crippen LogP contribution < -0.4 is 10.2 Å². The van der Waals surface area contributed by atoms with Crippen molar-refractivity contribution >= 4 is 34.1 Å². The summed E-state index contributed by atoms with van der Waals surface area (Å²) in [6.45, 7) is 4.82. The highest BCUT2D eigenvalue weighted by Gasteiger charge is 2.20. The molecule has 1 aromatic heterocycles. The topological polar surface area (TPSA) is 65.2 Å². The lowest BCUT2D eigenvalue weighted by atomic mass is 10.1. The maximum absolute atomic E-state index is 12.7. The van der Waals surface area contributed by atoms with Crippen molar-refractivity contribution < 1.29 is 9.59 Å². The zero-order chi connectivity index (χ0) is 19.0. The van der Waals surface area contributed by atoms with Crippen molar-refractivity contribution in [2.45, 2.75) is 33.1 Å². The molecule has 1 fully saturated rings. The summed E-state index contributed by atoms with van der Waals surface area (Å²) in [7, 11) is 0. The van der Waals surface area contributed by atoms with Crippen LogP contribution in [0.5, 0.6) is 0 Å². The van der Waals surface area contributed by atoms with Gasteiger partial charge in [0.2, 0.25) is 5.91 Å². The maximum Gasteiger partial charge on any atom is 0.255 e. The van der Waals surface area contributed by atoms with E-state index in [-0.39, 0.29) is 11.8 Å². The monoisotopic (exact) mass is 361 g/mol. The first-order valence-corrected chi connectivity index (χ1v) is 9.33. The number of fused-ring (bicyclic) bond motifs is 1. The second kappa shape index (κ2) is 6.91. The van der Waals surface area contributed by atoms with Crippen molar-refractivity contribution in [1.29, 1.82) is 0 Å². The number of nitrogens with zero attached hydrogens (tertiary/aromatic N) is 1. The van der Waals surface area contributed by atoms with E-state index in [0.717, 1.165) is 47.2 Å². The molecule has 3 aromatic rings. The Hall–Kier alpha value is -3.08. The van der Waals surface area contributed by atoms with Crippen molar-refractivity contribution in [2.24, 2.45) is 0 Å². The number of hydrogen-bond donors (Lipinski definition) is 2. The van der Waals surface area contributed by atoms with Crippen molar-refractivity contribution in [3.05, 3.63) is 59.3 Å². The molecule has 0 radical (unpaired) electrons. The van der Waals surface area contributed by atoms with E-state index < -0.39 is 0 Å². The molecular formula is C22H23N3O2. The molecule has 5 nitrogen and oxygen atoms in total. The minimum Gasteiger partial charge on any atom is -0.358 e. The summed E-state index contributed by atoms with van der Waals surface area (Å²) in [6, 6.07) is 13.2. The van der Waals surface area contributed by atoms with Gasteiger partial charge < -0.3 is 15.2 Å². The van der Waals surface area contributed by atoms with Crippen LogP contribution in [0, 0.1) is 13.8 Å². The zero-order valence-corrected chi connectivity index (χ0v) is 15.6. The van der Waals surface area contributed by atoms with Gasteiger partial charge in [-0.25, -0.2) is 0 Å². The lowest BCUT2D eigenvalue weighted by molar-refractivity contribution is -0.119. The smallest absolute Gasteiger partial charge is 0.255 e. The van der Waals surface area contributed by atoms with Crippen LogP contribution in [-0.4, -0.2) is 23.3 Å². The predicted molar refractivity (Wildman–Crippen MR) is 108 cm³/mol. The van der Waals surface area contributed by atoms with E-state index in [1.54, 1.807) is 4.90 Å². The minimum absolute atomic E-state index is 0.147. The van der Waals surface area contributed by atoms with E-state index in [0.29, 0.717) is 17.7 Å². The number of nitrogens with one attached hydrogen (secondary N) is 2. The number of amides is 2. The summed E-state index contributed by atoms with van der Waals surface area (Å²) in [6.07, 6.45) is 2.55. The van der Waals surface area contributed by atoms with E-state index in [1.807, 2.05) is 49.4 Å². The number of carbonyl (C=O) groups excluding carboxylic acids is 2. The molecule has 1 aliphatic rings. The van der Waals surface area contributed by atoms with Gasteiger partial charge in [0.15, 0.2) is 0 Å². The number of carbonyl (C=O) groups is 2. The highest BCUT2D eigenvalue weighted by Crippen LogP contribution is 2.25. The summed E-state index contributed by atoms with van der Waals surface area (Å²) in [5.41, 5.74) is 5.45. The molecule has 2 N–H and O–H groups in total. The third-order valence-electron chi connectivity index (χ3n) is 5.31. The Bertz CT molecular complexity index is 1040. The number of H-pyrrole nitrogens is 1. The van der Waals surface area contributed by atoms with Crippen LogP contribution in [0.25, 0.3) is 10.9 Å². The largest absolute Gasteiger partial charge is 0.358 e. The van der Waals surface area contributed by atoms with Crippen LogP contribution in [0.3, 0.4) is 0 Å². The second-order valence-electron chi connectivity index (χ2n) is 7.14. The summed E-state index contributed by atoms with van der Waals surface area (Å²) >= 11 is 0. The van der Waals surface area contributed by atoms with Gasteiger partial charge in [0.05, 0.1) is 0 Å². The molecule has 2 heterocycles.